The lowest BCUT2D eigenvalue weighted by molar-refractivity contribution is -0.143. The van der Waals surface area contributed by atoms with E-state index in [4.69, 9.17) is 5.11 Å². The second-order valence-electron chi connectivity index (χ2n) is 6.76. The summed E-state index contributed by atoms with van der Waals surface area (Å²) < 4.78 is 78.2. The van der Waals surface area contributed by atoms with E-state index in [0.717, 1.165) is 11.8 Å². The second kappa shape index (κ2) is 9.25. The molecule has 1 aliphatic heterocycles. The van der Waals surface area contributed by atoms with E-state index in [9.17, 15) is 35.9 Å². The first kappa shape index (κ1) is 24.3. The highest BCUT2D eigenvalue weighted by Crippen LogP contribution is 2.38. The number of amidine groups is 1. The molecular weight excluding hydrogens is 476 g/mol. The average Bonchev–Trinajstić information content (AvgIpc) is 3.05. The normalized spacial score (nSPS) is 18.2. The third kappa shape index (κ3) is 6.34. The monoisotopic (exact) mass is 489 g/mol. The van der Waals surface area contributed by atoms with Gasteiger partial charge in [0.25, 0.3) is 0 Å². The number of halogens is 6. The van der Waals surface area contributed by atoms with Gasteiger partial charge in [0.2, 0.25) is 5.91 Å². The minimum Gasteiger partial charge on any atom is -0.481 e. The van der Waals surface area contributed by atoms with Gasteiger partial charge in [-0.1, -0.05) is 36.0 Å². The largest absolute Gasteiger partial charge is 0.481 e. The maximum atomic E-state index is 13.0. The topological polar surface area (TPSA) is 91.1 Å². The van der Waals surface area contributed by atoms with Crippen LogP contribution in [-0.2, 0) is 21.9 Å². The number of carbonyl (C=O) groups is 2. The number of thioether (sulfide) groups is 1. The molecule has 1 atom stereocenters. The van der Waals surface area contributed by atoms with Crippen LogP contribution in [0.2, 0.25) is 0 Å². The number of hydrogen-bond acceptors (Lipinski definition) is 5. The van der Waals surface area contributed by atoms with Gasteiger partial charge in [-0.05, 0) is 34.9 Å². The van der Waals surface area contributed by atoms with Crippen LogP contribution in [0, 0.1) is 0 Å². The molecule has 0 bridgehead atoms. The molecule has 1 heterocycles. The van der Waals surface area contributed by atoms with Crippen LogP contribution in [0.25, 0.3) is 11.1 Å². The summed E-state index contributed by atoms with van der Waals surface area (Å²) >= 11 is 0.899. The number of carboxylic acid groups (broad SMARTS) is 1. The Balaban J connectivity index is 1.78. The van der Waals surface area contributed by atoms with Gasteiger partial charge in [0.15, 0.2) is 5.17 Å². The standard InChI is InChI=1S/C20H13F6N3O3S/c21-19(22,23)13-5-12(6-14(7-13)20(24,25)26)11-3-1-10(2-4-11)9-27-29-18-28-17(32)15(33-18)8-16(30)31/h1-7,9,15H,8H2,(H,30,31)(H,28,29,32). The molecule has 0 spiro atoms. The minimum atomic E-state index is -4.95. The number of nitrogens with one attached hydrogen (secondary N) is 1. The molecule has 6 nitrogen and oxygen atoms in total. The van der Waals surface area contributed by atoms with Crippen LogP contribution in [0.3, 0.4) is 0 Å². The van der Waals surface area contributed by atoms with Gasteiger partial charge in [0.1, 0.15) is 5.25 Å². The lowest BCUT2D eigenvalue weighted by atomic mass is 9.98. The number of rotatable bonds is 5. The molecule has 0 saturated carbocycles. The number of nitrogens with zero attached hydrogens (tertiary/aromatic N) is 2. The Morgan fingerprint density at radius 3 is 2.09 bits per heavy atom. The zero-order valence-corrected chi connectivity index (χ0v) is 17.1. The van der Waals surface area contributed by atoms with E-state index in [0.29, 0.717) is 17.7 Å². The lowest BCUT2D eigenvalue weighted by Gasteiger charge is -2.14. The van der Waals surface area contributed by atoms with Gasteiger partial charge in [-0.2, -0.15) is 31.4 Å². The molecule has 1 unspecified atom stereocenters. The zero-order chi connectivity index (χ0) is 24.4. The molecule has 13 heteroatoms. The summed E-state index contributed by atoms with van der Waals surface area (Å²) in [6.45, 7) is 0. The van der Waals surface area contributed by atoms with Gasteiger partial charge in [-0.3, -0.25) is 9.59 Å². The molecule has 0 aliphatic carbocycles. The number of hydrogen-bond donors (Lipinski definition) is 2. The summed E-state index contributed by atoms with van der Waals surface area (Å²) in [6.07, 6.45) is -9.02. The number of carbonyl (C=O) groups excluding carboxylic acids is 1. The van der Waals surface area contributed by atoms with Crippen molar-refractivity contribution in [1.29, 1.82) is 0 Å². The molecule has 1 amide bonds. The van der Waals surface area contributed by atoms with Gasteiger partial charge in [-0.15, -0.1) is 5.10 Å². The summed E-state index contributed by atoms with van der Waals surface area (Å²) in [4.78, 5) is 22.3. The van der Waals surface area contributed by atoms with E-state index in [1.165, 1.54) is 30.5 Å². The predicted octanol–water partition coefficient (Wildman–Crippen LogP) is 4.79. The molecule has 3 rings (SSSR count). The third-order valence-electron chi connectivity index (χ3n) is 4.32. The SMILES string of the molecule is O=C(O)CC1SC(=NN=Cc2ccc(-c3cc(C(F)(F)F)cc(C(F)(F)F)c3)cc2)NC1=O. The van der Waals surface area contributed by atoms with Crippen LogP contribution in [-0.4, -0.2) is 33.6 Å². The molecule has 0 radical (unpaired) electrons. The molecule has 1 fully saturated rings. The first-order valence-corrected chi connectivity index (χ1v) is 9.91. The maximum Gasteiger partial charge on any atom is 0.416 e. The fourth-order valence-corrected chi connectivity index (χ4v) is 3.69. The molecule has 2 aromatic carbocycles. The van der Waals surface area contributed by atoms with Gasteiger partial charge < -0.3 is 10.4 Å². The highest BCUT2D eigenvalue weighted by Gasteiger charge is 2.37. The van der Waals surface area contributed by atoms with E-state index >= 15 is 0 Å². The van der Waals surface area contributed by atoms with Crippen molar-refractivity contribution in [3.63, 3.8) is 0 Å². The van der Waals surface area contributed by atoms with Crippen molar-refractivity contribution in [3.05, 3.63) is 59.2 Å². The highest BCUT2D eigenvalue weighted by atomic mass is 32.2. The van der Waals surface area contributed by atoms with Crippen LogP contribution >= 0.6 is 11.8 Å². The van der Waals surface area contributed by atoms with E-state index in [-0.39, 0.29) is 28.8 Å². The maximum absolute atomic E-state index is 13.0. The second-order valence-corrected chi connectivity index (χ2v) is 7.95. The van der Waals surface area contributed by atoms with Crippen molar-refractivity contribution in [2.75, 3.05) is 0 Å². The van der Waals surface area contributed by atoms with E-state index in [2.05, 4.69) is 15.5 Å². The Labute approximate surface area is 186 Å². The van der Waals surface area contributed by atoms with Crippen molar-refractivity contribution in [2.24, 2.45) is 10.2 Å². The van der Waals surface area contributed by atoms with Gasteiger partial charge >= 0.3 is 18.3 Å². The minimum absolute atomic E-state index is 0.0600. The Hall–Kier alpha value is -3.35. The number of amides is 1. The average molecular weight is 489 g/mol. The van der Waals surface area contributed by atoms with Crippen molar-refractivity contribution in [2.45, 2.75) is 24.0 Å². The Morgan fingerprint density at radius 1 is 1.00 bits per heavy atom. The van der Waals surface area contributed by atoms with Crippen molar-refractivity contribution >= 4 is 35.0 Å². The van der Waals surface area contributed by atoms with Crippen LogP contribution in [0.1, 0.15) is 23.1 Å². The Kier molecular flexibility index (Phi) is 6.81. The molecule has 33 heavy (non-hydrogen) atoms. The fraction of sp³-hybridized carbons (Fsp3) is 0.200. The molecule has 1 saturated heterocycles. The van der Waals surface area contributed by atoms with Crippen molar-refractivity contribution < 1.29 is 41.0 Å². The lowest BCUT2D eigenvalue weighted by Crippen LogP contribution is -2.26. The smallest absolute Gasteiger partial charge is 0.416 e. The van der Waals surface area contributed by atoms with Crippen LogP contribution in [0.5, 0.6) is 0 Å². The summed E-state index contributed by atoms with van der Waals surface area (Å²) in [6, 6.07) is 6.83. The quantitative estimate of drug-likeness (QED) is 0.359. The Bertz CT molecular complexity index is 1100. The Morgan fingerprint density at radius 2 is 1.58 bits per heavy atom. The van der Waals surface area contributed by atoms with Crippen LogP contribution in [0.4, 0.5) is 26.3 Å². The molecule has 174 valence electrons. The van der Waals surface area contributed by atoms with Crippen molar-refractivity contribution in [1.82, 2.24) is 5.32 Å². The fourth-order valence-electron chi connectivity index (χ4n) is 2.78. The highest BCUT2D eigenvalue weighted by molar-refractivity contribution is 8.15. The summed E-state index contributed by atoms with van der Waals surface area (Å²) in [7, 11) is 0. The zero-order valence-electron chi connectivity index (χ0n) is 16.2. The molecule has 1 aliphatic rings. The number of aliphatic carboxylic acids is 1. The van der Waals surface area contributed by atoms with Gasteiger partial charge in [0, 0.05) is 0 Å². The summed E-state index contributed by atoms with van der Waals surface area (Å²) in [5.41, 5.74) is -2.51. The number of alkyl halides is 6. The molecular formula is C20H13F6N3O3S. The van der Waals surface area contributed by atoms with E-state index < -0.39 is 40.6 Å². The predicted molar refractivity (Wildman–Crippen MR) is 109 cm³/mol. The molecule has 2 N–H and O–H groups in total. The third-order valence-corrected chi connectivity index (χ3v) is 5.40. The summed E-state index contributed by atoms with van der Waals surface area (Å²) in [5.74, 6) is -1.66. The molecule has 2 aromatic rings. The molecule has 0 aromatic heterocycles. The first-order valence-electron chi connectivity index (χ1n) is 9.03. The van der Waals surface area contributed by atoms with E-state index in [1.807, 2.05) is 0 Å². The van der Waals surface area contributed by atoms with Gasteiger partial charge in [-0.25, -0.2) is 0 Å². The summed E-state index contributed by atoms with van der Waals surface area (Å²) in [5, 5.41) is 17.9. The number of benzene rings is 2. The van der Waals surface area contributed by atoms with Crippen molar-refractivity contribution in [3.8, 4) is 11.1 Å². The van der Waals surface area contributed by atoms with Crippen LogP contribution < -0.4 is 5.32 Å². The van der Waals surface area contributed by atoms with E-state index in [1.54, 1.807) is 0 Å². The van der Waals surface area contributed by atoms with Gasteiger partial charge in [0.05, 0.1) is 23.8 Å². The first-order chi connectivity index (χ1) is 15.3. The van der Waals surface area contributed by atoms with Crippen LogP contribution in [0.15, 0.2) is 52.7 Å². The number of carboxylic acids is 1.